The summed E-state index contributed by atoms with van der Waals surface area (Å²) in [7, 11) is 0. The minimum atomic E-state index is -1.30. The molecule has 0 saturated carbocycles. The van der Waals surface area contributed by atoms with Crippen molar-refractivity contribution in [2.24, 2.45) is 10.2 Å². The van der Waals surface area contributed by atoms with Crippen LogP contribution in [0.1, 0.15) is 13.8 Å². The quantitative estimate of drug-likeness (QED) is 0.486. The van der Waals surface area contributed by atoms with Gasteiger partial charge < -0.3 is 10.2 Å². The molecule has 6 heteroatoms. The molecule has 0 amide bonds. The molecular weight excluding hydrogens is 184 g/mol. The highest BCUT2D eigenvalue weighted by Crippen LogP contribution is 2.10. The van der Waals surface area contributed by atoms with Gasteiger partial charge in [-0.2, -0.15) is 20.8 Å². The van der Waals surface area contributed by atoms with Gasteiger partial charge in [0, 0.05) is 0 Å². The van der Waals surface area contributed by atoms with Gasteiger partial charge in [-0.1, -0.05) is 0 Å². The van der Waals surface area contributed by atoms with Gasteiger partial charge in [-0.25, -0.2) is 0 Å². The van der Waals surface area contributed by atoms with Crippen molar-refractivity contribution < 1.29 is 10.2 Å². The Morgan fingerprint density at radius 2 is 2.07 bits per heavy atom. The van der Waals surface area contributed by atoms with Crippen molar-refractivity contribution in [1.29, 1.82) is 10.5 Å². The second-order valence-electron chi connectivity index (χ2n) is 3.07. The van der Waals surface area contributed by atoms with Gasteiger partial charge in [-0.3, -0.25) is 0 Å². The fraction of sp³-hybridized carbons (Fsp3) is 0.750. The topological polar surface area (TPSA) is 113 Å². The van der Waals surface area contributed by atoms with E-state index in [0.717, 1.165) is 0 Å². The predicted octanol–water partition coefficient (Wildman–Crippen LogP) is -0.0138. The van der Waals surface area contributed by atoms with E-state index in [1.807, 2.05) is 0 Å². The zero-order valence-corrected chi connectivity index (χ0v) is 8.05. The van der Waals surface area contributed by atoms with Crippen molar-refractivity contribution in [2.45, 2.75) is 31.5 Å². The molecular formula is C8H12N4O2. The summed E-state index contributed by atoms with van der Waals surface area (Å²) in [5.41, 5.74) is -1.30. The number of nitrogens with zero attached hydrogens (tertiary/aromatic N) is 4. The Kier molecular flexibility index (Phi) is 4.71. The zero-order chi connectivity index (χ0) is 11.2. The van der Waals surface area contributed by atoms with Gasteiger partial charge in [0.2, 0.25) is 0 Å². The van der Waals surface area contributed by atoms with E-state index < -0.39 is 24.3 Å². The number of azo groups is 1. The SMILES string of the molecule is CC(N=NC(C)(C#N)CO)C(O)C#N. The van der Waals surface area contributed by atoms with Crippen LogP contribution < -0.4 is 0 Å². The number of nitriles is 2. The van der Waals surface area contributed by atoms with Crippen molar-refractivity contribution in [1.82, 2.24) is 0 Å². The van der Waals surface area contributed by atoms with E-state index in [9.17, 15) is 0 Å². The first-order valence-electron chi connectivity index (χ1n) is 4.01. The van der Waals surface area contributed by atoms with Gasteiger partial charge in [0.1, 0.15) is 6.04 Å². The summed E-state index contributed by atoms with van der Waals surface area (Å²) in [6.45, 7) is 2.44. The fourth-order valence-electron chi connectivity index (χ4n) is 0.479. The van der Waals surface area contributed by atoms with E-state index in [1.54, 1.807) is 12.1 Å². The molecule has 14 heavy (non-hydrogen) atoms. The maximum Gasteiger partial charge on any atom is 0.187 e. The van der Waals surface area contributed by atoms with Crippen LogP contribution in [0.4, 0.5) is 0 Å². The van der Waals surface area contributed by atoms with Gasteiger partial charge in [0.05, 0.1) is 18.7 Å². The number of aliphatic hydroxyl groups excluding tert-OH is 2. The van der Waals surface area contributed by atoms with Crippen LogP contribution in [0.5, 0.6) is 0 Å². The number of hydrogen-bond donors (Lipinski definition) is 2. The molecule has 0 aromatic carbocycles. The van der Waals surface area contributed by atoms with Gasteiger partial charge in [-0.15, -0.1) is 0 Å². The monoisotopic (exact) mass is 196 g/mol. The summed E-state index contributed by atoms with van der Waals surface area (Å²) in [4.78, 5) is 0. The van der Waals surface area contributed by atoms with Gasteiger partial charge in [0.25, 0.3) is 0 Å². The minimum absolute atomic E-state index is 0.456. The lowest BCUT2D eigenvalue weighted by molar-refractivity contribution is 0.195. The molecule has 0 heterocycles. The average Bonchev–Trinajstić information content (AvgIpc) is 2.24. The van der Waals surface area contributed by atoms with Crippen molar-refractivity contribution >= 4 is 0 Å². The molecule has 0 spiro atoms. The van der Waals surface area contributed by atoms with E-state index in [0.29, 0.717) is 0 Å². The highest BCUT2D eigenvalue weighted by molar-refractivity contribution is 5.03. The Morgan fingerprint density at radius 3 is 2.43 bits per heavy atom. The van der Waals surface area contributed by atoms with Crippen LogP contribution in [0.2, 0.25) is 0 Å². The van der Waals surface area contributed by atoms with Crippen molar-refractivity contribution in [2.75, 3.05) is 6.61 Å². The van der Waals surface area contributed by atoms with E-state index in [-0.39, 0.29) is 0 Å². The highest BCUT2D eigenvalue weighted by Gasteiger charge is 2.22. The summed E-state index contributed by atoms with van der Waals surface area (Å²) in [5, 5.41) is 41.9. The van der Waals surface area contributed by atoms with Crippen LogP contribution in [-0.2, 0) is 0 Å². The van der Waals surface area contributed by atoms with Crippen molar-refractivity contribution in [3.63, 3.8) is 0 Å². The van der Waals surface area contributed by atoms with Crippen LogP contribution in [0, 0.1) is 22.7 Å². The molecule has 0 fully saturated rings. The number of aliphatic hydroxyl groups is 2. The Morgan fingerprint density at radius 1 is 1.50 bits per heavy atom. The number of hydrogen-bond acceptors (Lipinski definition) is 6. The average molecular weight is 196 g/mol. The first kappa shape index (κ1) is 12.5. The van der Waals surface area contributed by atoms with E-state index >= 15 is 0 Å². The third-order valence-electron chi connectivity index (χ3n) is 1.60. The van der Waals surface area contributed by atoms with Crippen LogP contribution >= 0.6 is 0 Å². The first-order valence-corrected chi connectivity index (χ1v) is 4.01. The second-order valence-corrected chi connectivity index (χ2v) is 3.07. The summed E-state index contributed by atoms with van der Waals surface area (Å²) in [5.74, 6) is 0. The molecule has 0 radical (unpaired) electrons. The molecule has 0 aromatic rings. The summed E-state index contributed by atoms with van der Waals surface area (Å²) >= 11 is 0. The van der Waals surface area contributed by atoms with E-state index in [1.165, 1.54) is 13.8 Å². The Balaban J connectivity index is 4.46. The molecule has 0 aliphatic carbocycles. The zero-order valence-electron chi connectivity index (χ0n) is 8.05. The largest absolute Gasteiger partial charge is 0.393 e. The maximum absolute atomic E-state index is 9.01. The fourth-order valence-corrected chi connectivity index (χ4v) is 0.479. The Hall–Kier alpha value is -1.50. The molecule has 6 nitrogen and oxygen atoms in total. The van der Waals surface area contributed by atoms with Gasteiger partial charge in [-0.05, 0) is 13.8 Å². The highest BCUT2D eigenvalue weighted by atomic mass is 16.3. The second kappa shape index (κ2) is 5.28. The predicted molar refractivity (Wildman–Crippen MR) is 47.0 cm³/mol. The van der Waals surface area contributed by atoms with Crippen LogP contribution in [0.25, 0.3) is 0 Å². The van der Waals surface area contributed by atoms with Crippen LogP contribution in [0.3, 0.4) is 0 Å². The Labute approximate surface area is 82.1 Å². The number of rotatable bonds is 4. The lowest BCUT2D eigenvalue weighted by atomic mass is 10.1. The molecule has 3 atom stereocenters. The molecule has 0 rings (SSSR count). The molecule has 0 saturated heterocycles. The van der Waals surface area contributed by atoms with Crippen molar-refractivity contribution in [3.05, 3.63) is 0 Å². The molecule has 0 aromatic heterocycles. The third-order valence-corrected chi connectivity index (χ3v) is 1.60. The summed E-state index contributed by atoms with van der Waals surface area (Å²) < 4.78 is 0. The van der Waals surface area contributed by atoms with Gasteiger partial charge >= 0.3 is 0 Å². The lowest BCUT2D eigenvalue weighted by Crippen LogP contribution is -2.26. The molecule has 3 unspecified atom stereocenters. The normalized spacial score (nSPS) is 19.3. The molecule has 2 N–H and O–H groups in total. The van der Waals surface area contributed by atoms with Gasteiger partial charge in [0.15, 0.2) is 11.6 Å². The Bertz CT molecular complexity index is 291. The molecule has 0 bridgehead atoms. The third kappa shape index (κ3) is 3.48. The summed E-state index contributed by atoms with van der Waals surface area (Å²) in [6.07, 6.45) is -1.25. The molecule has 0 aliphatic rings. The minimum Gasteiger partial charge on any atom is -0.393 e. The van der Waals surface area contributed by atoms with Crippen LogP contribution in [-0.4, -0.2) is 34.5 Å². The standard InChI is InChI=1S/C8H12N4O2/c1-6(7(14)3-9)11-12-8(2,4-10)5-13/h6-7,13-14H,5H2,1-2H3. The smallest absolute Gasteiger partial charge is 0.187 e. The molecule has 76 valence electrons. The van der Waals surface area contributed by atoms with E-state index in [4.69, 9.17) is 20.7 Å². The summed E-state index contributed by atoms with van der Waals surface area (Å²) in [6, 6.07) is 2.65. The van der Waals surface area contributed by atoms with Crippen molar-refractivity contribution in [3.8, 4) is 12.1 Å². The lowest BCUT2D eigenvalue weighted by Gasteiger charge is -2.12. The van der Waals surface area contributed by atoms with E-state index in [2.05, 4.69) is 10.2 Å². The first-order chi connectivity index (χ1) is 6.49. The maximum atomic E-state index is 9.01. The van der Waals surface area contributed by atoms with Crippen LogP contribution in [0.15, 0.2) is 10.2 Å². The molecule has 0 aliphatic heterocycles.